The number of rotatable bonds is 7. The van der Waals surface area contributed by atoms with E-state index in [2.05, 4.69) is 29.1 Å². The highest BCUT2D eigenvalue weighted by molar-refractivity contribution is 5.46. The number of hydrogen-bond donors (Lipinski definition) is 1. The second kappa shape index (κ2) is 7.59. The highest BCUT2D eigenvalue weighted by Gasteiger charge is 2.11. The van der Waals surface area contributed by atoms with E-state index < -0.39 is 0 Å². The van der Waals surface area contributed by atoms with Gasteiger partial charge in [0.05, 0.1) is 7.11 Å². The Morgan fingerprint density at radius 2 is 1.90 bits per heavy atom. The fourth-order valence-corrected chi connectivity index (χ4v) is 1.88. The SMILES string of the molecule is COc1cccc(CNC(C)C)c1OCc1ncccn1. The Bertz CT molecular complexity index is 559. The van der Waals surface area contributed by atoms with E-state index in [1.54, 1.807) is 25.6 Å². The number of nitrogens with one attached hydrogen (secondary N) is 1. The van der Waals surface area contributed by atoms with Gasteiger partial charge in [0.25, 0.3) is 0 Å². The van der Waals surface area contributed by atoms with Gasteiger partial charge in [-0.2, -0.15) is 0 Å². The first-order valence-corrected chi connectivity index (χ1v) is 6.98. The molecule has 2 rings (SSSR count). The standard InChI is InChI=1S/C16H21N3O2/c1-12(2)19-10-13-6-4-7-14(20-3)16(13)21-11-15-17-8-5-9-18-15/h4-9,12,19H,10-11H2,1-3H3. The van der Waals surface area contributed by atoms with Crippen LogP contribution < -0.4 is 14.8 Å². The van der Waals surface area contributed by atoms with Crippen molar-refractivity contribution in [3.05, 3.63) is 48.0 Å². The highest BCUT2D eigenvalue weighted by atomic mass is 16.5. The first-order chi connectivity index (χ1) is 10.2. The van der Waals surface area contributed by atoms with Gasteiger partial charge in [0.15, 0.2) is 17.3 Å². The van der Waals surface area contributed by atoms with Crippen LogP contribution in [0, 0.1) is 0 Å². The van der Waals surface area contributed by atoms with Crippen LogP contribution in [0.3, 0.4) is 0 Å². The van der Waals surface area contributed by atoms with Crippen molar-refractivity contribution in [2.45, 2.75) is 33.0 Å². The first kappa shape index (κ1) is 15.3. The number of ether oxygens (including phenoxy) is 2. The van der Waals surface area contributed by atoms with Crippen LogP contribution in [-0.2, 0) is 13.2 Å². The Labute approximate surface area is 125 Å². The maximum Gasteiger partial charge on any atom is 0.166 e. The van der Waals surface area contributed by atoms with Gasteiger partial charge in [-0.1, -0.05) is 26.0 Å². The third kappa shape index (κ3) is 4.43. The van der Waals surface area contributed by atoms with Crippen LogP contribution in [-0.4, -0.2) is 23.1 Å². The lowest BCUT2D eigenvalue weighted by molar-refractivity contribution is 0.272. The van der Waals surface area contributed by atoms with Crippen molar-refractivity contribution in [1.82, 2.24) is 15.3 Å². The van der Waals surface area contributed by atoms with Crippen molar-refractivity contribution in [3.63, 3.8) is 0 Å². The van der Waals surface area contributed by atoms with E-state index in [4.69, 9.17) is 9.47 Å². The van der Waals surface area contributed by atoms with Crippen molar-refractivity contribution >= 4 is 0 Å². The summed E-state index contributed by atoms with van der Waals surface area (Å²) < 4.78 is 11.3. The number of benzene rings is 1. The minimum atomic E-state index is 0.315. The molecule has 0 amide bonds. The van der Waals surface area contributed by atoms with Crippen LogP contribution >= 0.6 is 0 Å². The van der Waals surface area contributed by atoms with E-state index in [0.29, 0.717) is 24.2 Å². The zero-order valence-corrected chi connectivity index (χ0v) is 12.7. The molecule has 0 radical (unpaired) electrons. The first-order valence-electron chi connectivity index (χ1n) is 6.98. The Morgan fingerprint density at radius 3 is 2.57 bits per heavy atom. The fraction of sp³-hybridized carbons (Fsp3) is 0.375. The second-order valence-corrected chi connectivity index (χ2v) is 4.94. The number of nitrogens with zero attached hydrogens (tertiary/aromatic N) is 2. The molecule has 1 N–H and O–H groups in total. The van der Waals surface area contributed by atoms with Gasteiger partial charge in [0.2, 0.25) is 0 Å². The van der Waals surface area contributed by atoms with Gasteiger partial charge in [0, 0.05) is 30.5 Å². The van der Waals surface area contributed by atoms with Crippen molar-refractivity contribution in [3.8, 4) is 11.5 Å². The van der Waals surface area contributed by atoms with Crippen molar-refractivity contribution in [2.24, 2.45) is 0 Å². The molecule has 0 saturated carbocycles. The molecule has 0 fully saturated rings. The maximum absolute atomic E-state index is 5.89. The molecule has 1 heterocycles. The highest BCUT2D eigenvalue weighted by Crippen LogP contribution is 2.31. The summed E-state index contributed by atoms with van der Waals surface area (Å²) in [6, 6.07) is 8.06. The van der Waals surface area contributed by atoms with Gasteiger partial charge < -0.3 is 14.8 Å². The summed E-state index contributed by atoms with van der Waals surface area (Å²) in [5.74, 6) is 2.10. The lowest BCUT2D eigenvalue weighted by atomic mass is 10.1. The van der Waals surface area contributed by atoms with E-state index in [1.807, 2.05) is 18.2 Å². The summed E-state index contributed by atoms with van der Waals surface area (Å²) in [5.41, 5.74) is 1.05. The molecule has 0 spiro atoms. The summed E-state index contributed by atoms with van der Waals surface area (Å²) >= 11 is 0. The zero-order chi connectivity index (χ0) is 15.1. The third-order valence-electron chi connectivity index (χ3n) is 2.95. The molecule has 5 nitrogen and oxygen atoms in total. The minimum absolute atomic E-state index is 0.315. The molecule has 1 aromatic carbocycles. The average Bonchev–Trinajstić information content (AvgIpc) is 2.52. The summed E-state index contributed by atoms with van der Waals surface area (Å²) in [5, 5.41) is 3.38. The van der Waals surface area contributed by atoms with E-state index in [1.165, 1.54) is 0 Å². The minimum Gasteiger partial charge on any atom is -0.493 e. The van der Waals surface area contributed by atoms with E-state index in [0.717, 1.165) is 17.9 Å². The lowest BCUT2D eigenvalue weighted by Crippen LogP contribution is -2.22. The molecule has 21 heavy (non-hydrogen) atoms. The van der Waals surface area contributed by atoms with Crippen molar-refractivity contribution in [2.75, 3.05) is 7.11 Å². The van der Waals surface area contributed by atoms with E-state index in [-0.39, 0.29) is 0 Å². The van der Waals surface area contributed by atoms with E-state index in [9.17, 15) is 0 Å². The van der Waals surface area contributed by atoms with Crippen LogP contribution in [0.15, 0.2) is 36.7 Å². The number of para-hydroxylation sites is 1. The average molecular weight is 287 g/mol. The third-order valence-corrected chi connectivity index (χ3v) is 2.95. The topological polar surface area (TPSA) is 56.3 Å². The quantitative estimate of drug-likeness (QED) is 0.848. The van der Waals surface area contributed by atoms with Crippen LogP contribution in [0.25, 0.3) is 0 Å². The van der Waals surface area contributed by atoms with Crippen molar-refractivity contribution < 1.29 is 9.47 Å². The van der Waals surface area contributed by atoms with Crippen LogP contribution in [0.1, 0.15) is 25.2 Å². The molecule has 0 atom stereocenters. The van der Waals surface area contributed by atoms with Gasteiger partial charge in [-0.15, -0.1) is 0 Å². The Balaban J connectivity index is 2.14. The summed E-state index contributed by atoms with van der Waals surface area (Å²) in [4.78, 5) is 8.32. The van der Waals surface area contributed by atoms with Crippen LogP contribution in [0.4, 0.5) is 0 Å². The Kier molecular flexibility index (Phi) is 5.51. The predicted octanol–water partition coefficient (Wildman–Crippen LogP) is 2.56. The van der Waals surface area contributed by atoms with Crippen LogP contribution in [0.2, 0.25) is 0 Å². The second-order valence-electron chi connectivity index (χ2n) is 4.94. The van der Waals surface area contributed by atoms with Gasteiger partial charge in [-0.3, -0.25) is 0 Å². The molecule has 0 aliphatic carbocycles. The molecular weight excluding hydrogens is 266 g/mol. The molecule has 0 aliphatic rings. The summed E-state index contributed by atoms with van der Waals surface area (Å²) in [7, 11) is 1.64. The molecule has 112 valence electrons. The summed E-state index contributed by atoms with van der Waals surface area (Å²) in [6.45, 7) is 5.26. The normalized spacial score (nSPS) is 10.7. The molecule has 0 unspecified atom stereocenters. The number of methoxy groups -OCH3 is 1. The zero-order valence-electron chi connectivity index (χ0n) is 12.7. The molecule has 5 heteroatoms. The van der Waals surface area contributed by atoms with Gasteiger partial charge in [-0.05, 0) is 12.1 Å². The molecular formula is C16H21N3O2. The Hall–Kier alpha value is -2.14. The van der Waals surface area contributed by atoms with Gasteiger partial charge in [-0.25, -0.2) is 9.97 Å². The Morgan fingerprint density at radius 1 is 1.14 bits per heavy atom. The number of aromatic nitrogens is 2. The molecule has 0 saturated heterocycles. The van der Waals surface area contributed by atoms with Gasteiger partial charge in [0.1, 0.15) is 6.61 Å². The largest absolute Gasteiger partial charge is 0.493 e. The van der Waals surface area contributed by atoms with E-state index >= 15 is 0 Å². The molecule has 0 bridgehead atoms. The fourth-order valence-electron chi connectivity index (χ4n) is 1.88. The smallest absolute Gasteiger partial charge is 0.166 e. The van der Waals surface area contributed by atoms with Crippen LogP contribution in [0.5, 0.6) is 11.5 Å². The predicted molar refractivity (Wildman–Crippen MR) is 81.3 cm³/mol. The lowest BCUT2D eigenvalue weighted by Gasteiger charge is -2.16. The summed E-state index contributed by atoms with van der Waals surface area (Å²) in [6.07, 6.45) is 3.41. The van der Waals surface area contributed by atoms with Crippen molar-refractivity contribution in [1.29, 1.82) is 0 Å². The molecule has 0 aliphatic heterocycles. The molecule has 2 aromatic rings. The monoisotopic (exact) mass is 287 g/mol. The molecule has 1 aromatic heterocycles. The van der Waals surface area contributed by atoms with Gasteiger partial charge >= 0.3 is 0 Å². The number of hydrogen-bond acceptors (Lipinski definition) is 5. The maximum atomic E-state index is 5.89.